The van der Waals surface area contributed by atoms with Gasteiger partial charge in [-0.05, 0) is 31.9 Å². The van der Waals surface area contributed by atoms with Gasteiger partial charge in [0.25, 0.3) is 0 Å². The van der Waals surface area contributed by atoms with Crippen LogP contribution in [0.1, 0.15) is 88.4 Å². The Hall–Kier alpha value is -1.38. The van der Waals surface area contributed by atoms with Crippen molar-refractivity contribution in [3.63, 3.8) is 0 Å². The Morgan fingerprint density at radius 1 is 1.00 bits per heavy atom. The molecule has 0 saturated heterocycles. The van der Waals surface area contributed by atoms with Gasteiger partial charge in [-0.25, -0.2) is 9.18 Å². The molecule has 0 radical (unpaired) electrons. The Morgan fingerprint density at radius 3 is 2.17 bits per heavy atom. The first kappa shape index (κ1) is 19.7. The van der Waals surface area contributed by atoms with Gasteiger partial charge in [-0.3, -0.25) is 0 Å². The first-order valence-electron chi connectivity index (χ1n) is 9.10. The molecule has 23 heavy (non-hydrogen) atoms. The van der Waals surface area contributed by atoms with Crippen molar-refractivity contribution < 1.29 is 13.9 Å². The van der Waals surface area contributed by atoms with E-state index in [0.717, 1.165) is 12.8 Å². The minimum atomic E-state index is -0.563. The van der Waals surface area contributed by atoms with Gasteiger partial charge in [-0.1, -0.05) is 70.4 Å². The smallest absolute Gasteiger partial charge is 0.341 e. The van der Waals surface area contributed by atoms with Gasteiger partial charge >= 0.3 is 5.97 Å². The number of hydrogen-bond acceptors (Lipinski definition) is 2. The zero-order valence-electron chi connectivity index (χ0n) is 14.7. The van der Waals surface area contributed by atoms with Gasteiger partial charge in [-0.15, -0.1) is 0 Å². The molecule has 130 valence electrons. The van der Waals surface area contributed by atoms with E-state index in [0.29, 0.717) is 0 Å². The SMILES string of the molecule is CCCCCCCCCCCC(C)OC(=O)c1ccccc1F. The van der Waals surface area contributed by atoms with Crippen molar-refractivity contribution in [3.05, 3.63) is 35.6 Å². The van der Waals surface area contributed by atoms with Crippen LogP contribution in [0.2, 0.25) is 0 Å². The molecule has 1 aromatic carbocycles. The number of unbranched alkanes of at least 4 members (excludes halogenated alkanes) is 8. The Morgan fingerprint density at radius 2 is 1.57 bits per heavy atom. The standard InChI is InChI=1S/C20H31FO2/c1-3-4-5-6-7-8-9-10-11-14-17(2)23-20(22)18-15-12-13-16-19(18)21/h12-13,15-17H,3-11,14H2,1-2H3. The van der Waals surface area contributed by atoms with Crippen LogP contribution in [-0.4, -0.2) is 12.1 Å². The quantitative estimate of drug-likeness (QED) is 0.334. The molecule has 0 amide bonds. The third-order valence-corrected chi connectivity index (χ3v) is 4.12. The van der Waals surface area contributed by atoms with Crippen LogP contribution in [0.15, 0.2) is 24.3 Å². The highest BCUT2D eigenvalue weighted by Crippen LogP contribution is 2.14. The Bertz CT molecular complexity index is 445. The first-order valence-corrected chi connectivity index (χ1v) is 9.10. The van der Waals surface area contributed by atoms with Crippen molar-refractivity contribution >= 4 is 5.97 Å². The molecule has 0 fully saturated rings. The van der Waals surface area contributed by atoms with Gasteiger partial charge in [0.1, 0.15) is 5.82 Å². The lowest BCUT2D eigenvalue weighted by atomic mass is 10.1. The van der Waals surface area contributed by atoms with Crippen LogP contribution in [0.5, 0.6) is 0 Å². The van der Waals surface area contributed by atoms with Crippen LogP contribution in [-0.2, 0) is 4.74 Å². The number of benzene rings is 1. The summed E-state index contributed by atoms with van der Waals surface area (Å²) in [4.78, 5) is 11.9. The largest absolute Gasteiger partial charge is 0.459 e. The summed E-state index contributed by atoms with van der Waals surface area (Å²) >= 11 is 0. The molecule has 1 rings (SSSR count). The van der Waals surface area contributed by atoms with E-state index >= 15 is 0 Å². The van der Waals surface area contributed by atoms with Crippen LogP contribution < -0.4 is 0 Å². The maximum atomic E-state index is 13.5. The summed E-state index contributed by atoms with van der Waals surface area (Å²) in [6.45, 7) is 4.11. The summed E-state index contributed by atoms with van der Waals surface area (Å²) in [5.74, 6) is -1.08. The third kappa shape index (κ3) is 8.73. The lowest BCUT2D eigenvalue weighted by Crippen LogP contribution is -2.16. The predicted octanol–water partition coefficient (Wildman–Crippen LogP) is 6.29. The van der Waals surface area contributed by atoms with E-state index in [1.165, 1.54) is 63.5 Å². The van der Waals surface area contributed by atoms with Crippen molar-refractivity contribution in [3.8, 4) is 0 Å². The number of carbonyl (C=O) groups is 1. The van der Waals surface area contributed by atoms with Crippen LogP contribution in [0.3, 0.4) is 0 Å². The number of ether oxygens (including phenoxy) is 1. The molecule has 1 unspecified atom stereocenters. The highest BCUT2D eigenvalue weighted by atomic mass is 19.1. The number of rotatable bonds is 12. The van der Waals surface area contributed by atoms with E-state index in [2.05, 4.69) is 6.92 Å². The maximum Gasteiger partial charge on any atom is 0.341 e. The topological polar surface area (TPSA) is 26.3 Å². The predicted molar refractivity (Wildman–Crippen MR) is 93.1 cm³/mol. The monoisotopic (exact) mass is 322 g/mol. The molecule has 0 N–H and O–H groups in total. The molecular formula is C20H31FO2. The Kier molecular flexibility index (Phi) is 10.3. The van der Waals surface area contributed by atoms with E-state index in [1.807, 2.05) is 6.92 Å². The fraction of sp³-hybridized carbons (Fsp3) is 0.650. The minimum Gasteiger partial charge on any atom is -0.459 e. The number of halogens is 1. The van der Waals surface area contributed by atoms with Gasteiger partial charge in [-0.2, -0.15) is 0 Å². The Labute approximate surface area is 140 Å². The molecular weight excluding hydrogens is 291 g/mol. The van der Waals surface area contributed by atoms with Gasteiger partial charge in [0, 0.05) is 0 Å². The summed E-state index contributed by atoms with van der Waals surface area (Å²) in [6.07, 6.45) is 12.2. The van der Waals surface area contributed by atoms with Crippen LogP contribution in [0, 0.1) is 5.82 Å². The summed E-state index contributed by atoms with van der Waals surface area (Å²) in [6, 6.07) is 5.95. The second-order valence-corrected chi connectivity index (χ2v) is 6.31. The highest BCUT2D eigenvalue weighted by molar-refractivity contribution is 5.89. The summed E-state index contributed by atoms with van der Waals surface area (Å²) in [5, 5.41) is 0. The lowest BCUT2D eigenvalue weighted by molar-refractivity contribution is 0.0314. The van der Waals surface area contributed by atoms with E-state index in [1.54, 1.807) is 12.1 Å². The zero-order valence-corrected chi connectivity index (χ0v) is 14.7. The number of esters is 1. The van der Waals surface area contributed by atoms with E-state index in [-0.39, 0.29) is 11.7 Å². The molecule has 0 aliphatic carbocycles. The summed E-state index contributed by atoms with van der Waals surface area (Å²) < 4.78 is 18.8. The second kappa shape index (κ2) is 12.1. The molecule has 1 atom stereocenters. The van der Waals surface area contributed by atoms with Crippen LogP contribution >= 0.6 is 0 Å². The minimum absolute atomic E-state index is 0.0198. The van der Waals surface area contributed by atoms with E-state index in [9.17, 15) is 9.18 Å². The van der Waals surface area contributed by atoms with Gasteiger partial charge in [0.15, 0.2) is 0 Å². The maximum absolute atomic E-state index is 13.5. The van der Waals surface area contributed by atoms with E-state index < -0.39 is 11.8 Å². The molecule has 0 spiro atoms. The fourth-order valence-corrected chi connectivity index (χ4v) is 2.67. The molecule has 0 aromatic heterocycles. The van der Waals surface area contributed by atoms with Crippen molar-refractivity contribution in [2.24, 2.45) is 0 Å². The van der Waals surface area contributed by atoms with Gasteiger partial charge < -0.3 is 4.74 Å². The molecule has 0 bridgehead atoms. The number of carbonyl (C=O) groups excluding carboxylic acids is 1. The fourth-order valence-electron chi connectivity index (χ4n) is 2.67. The highest BCUT2D eigenvalue weighted by Gasteiger charge is 2.15. The molecule has 3 heteroatoms. The average Bonchev–Trinajstić information content (AvgIpc) is 2.53. The molecule has 1 aromatic rings. The van der Waals surface area contributed by atoms with Crippen molar-refractivity contribution in [1.82, 2.24) is 0 Å². The molecule has 0 heterocycles. The average molecular weight is 322 g/mol. The second-order valence-electron chi connectivity index (χ2n) is 6.31. The molecule has 2 nitrogen and oxygen atoms in total. The van der Waals surface area contributed by atoms with Crippen LogP contribution in [0.4, 0.5) is 4.39 Å². The van der Waals surface area contributed by atoms with Crippen molar-refractivity contribution in [1.29, 1.82) is 0 Å². The van der Waals surface area contributed by atoms with E-state index in [4.69, 9.17) is 4.74 Å². The third-order valence-electron chi connectivity index (χ3n) is 4.12. The lowest BCUT2D eigenvalue weighted by Gasteiger charge is -2.13. The van der Waals surface area contributed by atoms with Crippen LogP contribution in [0.25, 0.3) is 0 Å². The van der Waals surface area contributed by atoms with Crippen molar-refractivity contribution in [2.45, 2.75) is 84.2 Å². The summed E-state index contributed by atoms with van der Waals surface area (Å²) in [7, 11) is 0. The van der Waals surface area contributed by atoms with Crippen molar-refractivity contribution in [2.75, 3.05) is 0 Å². The number of hydrogen-bond donors (Lipinski definition) is 0. The normalized spacial score (nSPS) is 12.1. The first-order chi connectivity index (χ1) is 11.1. The van der Waals surface area contributed by atoms with Gasteiger partial charge in [0.2, 0.25) is 0 Å². The zero-order chi connectivity index (χ0) is 16.9. The summed E-state index contributed by atoms with van der Waals surface area (Å²) in [5.41, 5.74) is 0.0198. The van der Waals surface area contributed by atoms with Gasteiger partial charge in [0.05, 0.1) is 11.7 Å². The molecule has 0 aliphatic heterocycles. The molecule has 0 saturated carbocycles. The Balaban J connectivity index is 2.07. The molecule has 0 aliphatic rings.